The number of carboxylic acid groups (broad SMARTS) is 1. The Hall–Kier alpha value is -0.420. The molecule has 1 aliphatic rings. The highest BCUT2D eigenvalue weighted by molar-refractivity contribution is 7.53. The molecular weight excluding hydrogens is 245 g/mol. The van der Waals surface area contributed by atoms with Crippen molar-refractivity contribution >= 4 is 13.6 Å². The van der Waals surface area contributed by atoms with Crippen molar-refractivity contribution in [2.75, 3.05) is 26.0 Å². The Morgan fingerprint density at radius 3 is 2.47 bits per heavy atom. The summed E-state index contributed by atoms with van der Waals surface area (Å²) in [6, 6.07) is -0.566. The van der Waals surface area contributed by atoms with Crippen LogP contribution in [0.4, 0.5) is 0 Å². The summed E-state index contributed by atoms with van der Waals surface area (Å²) in [7, 11) is -3.18. The lowest BCUT2D eigenvalue weighted by molar-refractivity contribution is -0.141. The van der Waals surface area contributed by atoms with Crippen LogP contribution in [0.5, 0.6) is 0 Å². The molecule has 1 unspecified atom stereocenters. The zero-order valence-electron chi connectivity index (χ0n) is 10.3. The van der Waals surface area contributed by atoms with E-state index in [2.05, 4.69) is 0 Å². The number of likely N-dealkylation sites (tertiary alicyclic amines) is 1. The first-order valence-corrected chi connectivity index (χ1v) is 7.60. The third-order valence-corrected chi connectivity index (χ3v) is 4.67. The number of rotatable bonds is 7. The Labute approximate surface area is 101 Å². The predicted octanol–water partition coefficient (Wildman–Crippen LogP) is 1.76. The SMILES string of the molecule is CCOP(=O)(CN1CCCC1C(=O)O)OCC. The molecule has 0 spiro atoms. The van der Waals surface area contributed by atoms with Gasteiger partial charge in [-0.25, -0.2) is 0 Å². The molecule has 100 valence electrons. The zero-order valence-corrected chi connectivity index (χ0v) is 11.2. The number of aliphatic carboxylic acids is 1. The molecule has 0 aromatic carbocycles. The van der Waals surface area contributed by atoms with E-state index in [-0.39, 0.29) is 6.29 Å². The van der Waals surface area contributed by atoms with Gasteiger partial charge in [0.05, 0.1) is 13.2 Å². The third kappa shape index (κ3) is 4.07. The van der Waals surface area contributed by atoms with E-state index in [1.54, 1.807) is 18.7 Å². The van der Waals surface area contributed by atoms with Gasteiger partial charge < -0.3 is 14.2 Å². The van der Waals surface area contributed by atoms with E-state index < -0.39 is 19.6 Å². The van der Waals surface area contributed by atoms with Crippen LogP contribution >= 0.6 is 7.60 Å². The highest BCUT2D eigenvalue weighted by Gasteiger charge is 2.36. The lowest BCUT2D eigenvalue weighted by Crippen LogP contribution is -2.36. The normalized spacial score (nSPS) is 21.9. The van der Waals surface area contributed by atoms with Crippen LogP contribution in [0.2, 0.25) is 0 Å². The van der Waals surface area contributed by atoms with Crippen molar-refractivity contribution in [2.45, 2.75) is 32.7 Å². The van der Waals surface area contributed by atoms with Crippen LogP contribution in [0.25, 0.3) is 0 Å². The Kier molecular flexibility index (Phi) is 5.59. The number of hydrogen-bond acceptors (Lipinski definition) is 5. The number of carboxylic acids is 1. The molecule has 1 saturated heterocycles. The van der Waals surface area contributed by atoms with Crippen molar-refractivity contribution in [3.8, 4) is 0 Å². The first-order chi connectivity index (χ1) is 8.02. The van der Waals surface area contributed by atoms with Gasteiger partial charge in [-0.1, -0.05) is 0 Å². The summed E-state index contributed by atoms with van der Waals surface area (Å²) in [6.45, 7) is 4.70. The lowest BCUT2D eigenvalue weighted by Gasteiger charge is -2.25. The summed E-state index contributed by atoms with van der Waals surface area (Å²) in [5, 5.41) is 9.03. The quantitative estimate of drug-likeness (QED) is 0.707. The number of nitrogens with zero attached hydrogens (tertiary/aromatic N) is 1. The summed E-state index contributed by atoms with van der Waals surface area (Å²) in [5.74, 6) is -0.873. The molecule has 1 heterocycles. The van der Waals surface area contributed by atoms with E-state index in [0.29, 0.717) is 26.2 Å². The molecule has 1 aliphatic heterocycles. The van der Waals surface area contributed by atoms with Gasteiger partial charge in [-0.3, -0.25) is 14.3 Å². The van der Waals surface area contributed by atoms with Gasteiger partial charge in [0.2, 0.25) is 0 Å². The third-order valence-electron chi connectivity index (χ3n) is 2.66. The van der Waals surface area contributed by atoms with Gasteiger partial charge in [-0.2, -0.15) is 0 Å². The van der Waals surface area contributed by atoms with E-state index >= 15 is 0 Å². The van der Waals surface area contributed by atoms with Gasteiger partial charge in [-0.15, -0.1) is 0 Å². The van der Waals surface area contributed by atoms with Crippen molar-refractivity contribution in [1.29, 1.82) is 0 Å². The molecule has 0 amide bonds. The standard InChI is InChI=1S/C10H20NO5P/c1-3-15-17(14,16-4-2)8-11-7-5-6-9(11)10(12)13/h9H,3-8H2,1-2H3,(H,12,13). The van der Waals surface area contributed by atoms with Crippen LogP contribution in [-0.4, -0.2) is 48.1 Å². The topological polar surface area (TPSA) is 76.1 Å². The van der Waals surface area contributed by atoms with Crippen LogP contribution in [0.15, 0.2) is 0 Å². The zero-order chi connectivity index (χ0) is 12.9. The molecule has 1 rings (SSSR count). The van der Waals surface area contributed by atoms with E-state index in [1.165, 1.54) is 0 Å². The fourth-order valence-corrected chi connectivity index (χ4v) is 3.82. The molecule has 17 heavy (non-hydrogen) atoms. The van der Waals surface area contributed by atoms with Crippen LogP contribution in [0.3, 0.4) is 0 Å². The van der Waals surface area contributed by atoms with Crippen LogP contribution < -0.4 is 0 Å². The van der Waals surface area contributed by atoms with E-state index in [4.69, 9.17) is 14.2 Å². The molecule has 0 aliphatic carbocycles. The summed E-state index contributed by atoms with van der Waals surface area (Å²) in [6.07, 6.45) is 1.45. The summed E-state index contributed by atoms with van der Waals surface area (Å²) in [5.41, 5.74) is 0. The lowest BCUT2D eigenvalue weighted by atomic mass is 10.2. The second-order valence-electron chi connectivity index (χ2n) is 3.90. The predicted molar refractivity (Wildman–Crippen MR) is 63.1 cm³/mol. The van der Waals surface area contributed by atoms with Crippen molar-refractivity contribution in [2.24, 2.45) is 0 Å². The minimum absolute atomic E-state index is 0.0612. The minimum atomic E-state index is -3.18. The Morgan fingerprint density at radius 2 is 2.00 bits per heavy atom. The van der Waals surface area contributed by atoms with Crippen LogP contribution in [0, 0.1) is 0 Å². The molecular formula is C10H20NO5P. The summed E-state index contributed by atoms with van der Waals surface area (Å²) in [4.78, 5) is 12.7. The second kappa shape index (κ2) is 6.50. The molecule has 0 bridgehead atoms. The molecule has 6 nitrogen and oxygen atoms in total. The fraction of sp³-hybridized carbons (Fsp3) is 0.900. The van der Waals surface area contributed by atoms with Gasteiger partial charge in [0, 0.05) is 0 Å². The molecule has 1 atom stereocenters. The maximum absolute atomic E-state index is 12.3. The molecule has 1 N–H and O–H groups in total. The van der Waals surface area contributed by atoms with Gasteiger partial charge >= 0.3 is 13.6 Å². The van der Waals surface area contributed by atoms with E-state index in [1.807, 2.05) is 0 Å². The van der Waals surface area contributed by atoms with Gasteiger partial charge in [0.25, 0.3) is 0 Å². The van der Waals surface area contributed by atoms with E-state index in [9.17, 15) is 9.36 Å². The van der Waals surface area contributed by atoms with Gasteiger partial charge in [0.15, 0.2) is 0 Å². The molecule has 0 radical (unpaired) electrons. The van der Waals surface area contributed by atoms with Crippen molar-refractivity contribution in [1.82, 2.24) is 4.90 Å². The second-order valence-corrected chi connectivity index (χ2v) is 5.92. The van der Waals surface area contributed by atoms with Crippen molar-refractivity contribution in [3.05, 3.63) is 0 Å². The highest BCUT2D eigenvalue weighted by Crippen LogP contribution is 2.49. The van der Waals surface area contributed by atoms with Crippen LogP contribution in [-0.2, 0) is 18.4 Å². The van der Waals surface area contributed by atoms with Gasteiger partial charge in [0.1, 0.15) is 12.3 Å². The molecule has 0 aromatic rings. The van der Waals surface area contributed by atoms with Crippen molar-refractivity contribution < 1.29 is 23.5 Å². The first-order valence-electron chi connectivity index (χ1n) is 5.87. The summed E-state index contributed by atoms with van der Waals surface area (Å²) < 4.78 is 22.6. The largest absolute Gasteiger partial charge is 0.480 e. The Morgan fingerprint density at radius 1 is 1.41 bits per heavy atom. The Bertz CT molecular complexity index is 299. The maximum atomic E-state index is 12.3. The number of hydrogen-bond donors (Lipinski definition) is 1. The number of carbonyl (C=O) groups is 1. The minimum Gasteiger partial charge on any atom is -0.480 e. The van der Waals surface area contributed by atoms with E-state index in [0.717, 1.165) is 6.42 Å². The first kappa shape index (κ1) is 14.6. The van der Waals surface area contributed by atoms with Crippen LogP contribution in [0.1, 0.15) is 26.7 Å². The molecule has 0 aromatic heterocycles. The maximum Gasteiger partial charge on any atom is 0.344 e. The molecule has 0 saturated carbocycles. The highest BCUT2D eigenvalue weighted by atomic mass is 31.2. The average Bonchev–Trinajstić information content (AvgIpc) is 2.66. The smallest absolute Gasteiger partial charge is 0.344 e. The van der Waals surface area contributed by atoms with Crippen molar-refractivity contribution in [3.63, 3.8) is 0 Å². The monoisotopic (exact) mass is 265 g/mol. The van der Waals surface area contributed by atoms with Gasteiger partial charge in [-0.05, 0) is 33.2 Å². The average molecular weight is 265 g/mol. The Balaban J connectivity index is 2.66. The molecule has 1 fully saturated rings. The summed E-state index contributed by atoms with van der Waals surface area (Å²) >= 11 is 0. The fourth-order valence-electron chi connectivity index (χ4n) is 2.01. The molecule has 7 heteroatoms.